The summed E-state index contributed by atoms with van der Waals surface area (Å²) in [6.45, 7) is 0.495. The van der Waals surface area contributed by atoms with E-state index in [1.54, 1.807) is 4.90 Å². The third-order valence-electron chi connectivity index (χ3n) is 2.52. The lowest BCUT2D eigenvalue weighted by atomic mass is 10.2. The molecule has 1 aromatic rings. The smallest absolute Gasteiger partial charge is 0.257 e. The highest BCUT2D eigenvalue weighted by Gasteiger charge is 2.32. The van der Waals surface area contributed by atoms with E-state index in [4.69, 9.17) is 5.26 Å². The molecular formula is C11H12N4O. The Morgan fingerprint density at radius 3 is 2.75 bits per heavy atom. The largest absolute Gasteiger partial charge is 0.335 e. The van der Waals surface area contributed by atoms with E-state index in [1.165, 1.54) is 18.7 Å². The molecule has 5 heteroatoms. The third kappa shape index (κ3) is 2.34. The summed E-state index contributed by atoms with van der Waals surface area (Å²) in [7, 11) is 0. The van der Waals surface area contributed by atoms with Gasteiger partial charge >= 0.3 is 0 Å². The molecule has 0 unspecified atom stereocenters. The zero-order valence-corrected chi connectivity index (χ0v) is 8.83. The van der Waals surface area contributed by atoms with Gasteiger partial charge in [0, 0.05) is 25.0 Å². The summed E-state index contributed by atoms with van der Waals surface area (Å²) in [4.78, 5) is 21.5. The third-order valence-corrected chi connectivity index (χ3v) is 2.52. The van der Waals surface area contributed by atoms with Crippen molar-refractivity contribution in [1.29, 1.82) is 5.26 Å². The number of hydrogen-bond acceptors (Lipinski definition) is 4. The van der Waals surface area contributed by atoms with Crippen LogP contribution in [0.3, 0.4) is 0 Å². The molecule has 0 aromatic carbocycles. The van der Waals surface area contributed by atoms with Crippen molar-refractivity contribution in [2.24, 2.45) is 0 Å². The van der Waals surface area contributed by atoms with Crippen LogP contribution in [0.2, 0.25) is 0 Å². The van der Waals surface area contributed by atoms with Crippen molar-refractivity contribution in [2.75, 3.05) is 6.54 Å². The molecular weight excluding hydrogens is 204 g/mol. The first-order valence-corrected chi connectivity index (χ1v) is 5.26. The lowest BCUT2D eigenvalue weighted by molar-refractivity contribution is 0.0746. The molecule has 1 fully saturated rings. The number of aromatic nitrogens is 2. The molecule has 1 saturated carbocycles. The van der Waals surface area contributed by atoms with Gasteiger partial charge in [-0.1, -0.05) is 0 Å². The molecule has 0 spiro atoms. The molecule has 1 heterocycles. The summed E-state index contributed by atoms with van der Waals surface area (Å²) in [5.41, 5.74) is 0.493. The van der Waals surface area contributed by atoms with Crippen LogP contribution in [0, 0.1) is 11.3 Å². The van der Waals surface area contributed by atoms with Crippen molar-refractivity contribution in [3.05, 3.63) is 24.3 Å². The van der Waals surface area contributed by atoms with Crippen molar-refractivity contribution in [2.45, 2.75) is 25.3 Å². The molecule has 82 valence electrons. The number of amides is 1. The topological polar surface area (TPSA) is 69.9 Å². The fourth-order valence-electron chi connectivity index (χ4n) is 1.58. The van der Waals surface area contributed by atoms with Gasteiger partial charge in [0.15, 0.2) is 0 Å². The number of hydrogen-bond donors (Lipinski definition) is 0. The number of rotatable bonds is 4. The average molecular weight is 216 g/mol. The second-order valence-electron chi connectivity index (χ2n) is 3.76. The van der Waals surface area contributed by atoms with Gasteiger partial charge in [-0.3, -0.25) is 4.79 Å². The molecule has 2 rings (SSSR count). The summed E-state index contributed by atoms with van der Waals surface area (Å²) in [6.07, 6.45) is 6.85. The van der Waals surface area contributed by atoms with Gasteiger partial charge in [0.2, 0.25) is 0 Å². The maximum absolute atomic E-state index is 12.1. The van der Waals surface area contributed by atoms with E-state index in [1.807, 2.05) is 0 Å². The van der Waals surface area contributed by atoms with Gasteiger partial charge in [0.1, 0.15) is 6.33 Å². The van der Waals surface area contributed by atoms with Crippen molar-refractivity contribution >= 4 is 5.91 Å². The first-order chi connectivity index (χ1) is 7.83. The molecule has 0 radical (unpaired) electrons. The second kappa shape index (κ2) is 4.71. The summed E-state index contributed by atoms with van der Waals surface area (Å²) < 4.78 is 0. The standard InChI is InChI=1S/C11H12N4O/c12-4-1-5-15(10-2-3-10)11(16)9-6-13-8-14-7-9/h6-8,10H,1-3,5H2. The fraction of sp³-hybridized carbons (Fsp3) is 0.455. The van der Waals surface area contributed by atoms with Crippen LogP contribution in [0.4, 0.5) is 0 Å². The molecule has 0 bridgehead atoms. The van der Waals surface area contributed by atoms with Crippen LogP contribution in [0.5, 0.6) is 0 Å². The zero-order valence-electron chi connectivity index (χ0n) is 8.83. The summed E-state index contributed by atoms with van der Waals surface area (Å²) in [5, 5.41) is 8.56. The first-order valence-electron chi connectivity index (χ1n) is 5.26. The van der Waals surface area contributed by atoms with Crippen molar-refractivity contribution in [1.82, 2.24) is 14.9 Å². The Balaban J connectivity index is 2.08. The van der Waals surface area contributed by atoms with Gasteiger partial charge in [-0.15, -0.1) is 0 Å². The summed E-state index contributed by atoms with van der Waals surface area (Å²) >= 11 is 0. The van der Waals surface area contributed by atoms with E-state index in [0.29, 0.717) is 24.6 Å². The fourth-order valence-corrected chi connectivity index (χ4v) is 1.58. The summed E-state index contributed by atoms with van der Waals surface area (Å²) in [6, 6.07) is 2.37. The van der Waals surface area contributed by atoms with Gasteiger partial charge in [0.25, 0.3) is 5.91 Å². The zero-order chi connectivity index (χ0) is 11.4. The van der Waals surface area contributed by atoms with Gasteiger partial charge < -0.3 is 4.90 Å². The Morgan fingerprint density at radius 1 is 1.50 bits per heavy atom. The van der Waals surface area contributed by atoms with Crippen molar-refractivity contribution < 1.29 is 4.79 Å². The maximum atomic E-state index is 12.1. The Kier molecular flexibility index (Phi) is 3.10. The molecule has 1 amide bonds. The average Bonchev–Trinajstić information content (AvgIpc) is 3.15. The monoisotopic (exact) mass is 216 g/mol. The van der Waals surface area contributed by atoms with E-state index >= 15 is 0 Å². The lowest BCUT2D eigenvalue weighted by Gasteiger charge is -2.20. The molecule has 1 aliphatic rings. The predicted octanol–water partition coefficient (Wildman–Crippen LogP) is 0.995. The first kappa shape index (κ1) is 10.6. The number of nitriles is 1. The number of carbonyl (C=O) groups excluding carboxylic acids is 1. The van der Waals surface area contributed by atoms with Gasteiger partial charge in [-0.25, -0.2) is 9.97 Å². The Labute approximate surface area is 93.7 Å². The number of carbonyl (C=O) groups is 1. The molecule has 0 saturated heterocycles. The van der Waals surface area contributed by atoms with E-state index in [9.17, 15) is 4.79 Å². The SMILES string of the molecule is N#CCCN(C(=O)c1cncnc1)C1CC1. The van der Waals surface area contributed by atoms with Gasteiger partial charge in [0.05, 0.1) is 18.1 Å². The molecule has 1 aromatic heterocycles. The Bertz CT molecular complexity index is 408. The number of nitrogens with zero attached hydrogens (tertiary/aromatic N) is 4. The van der Waals surface area contributed by atoms with Crippen LogP contribution < -0.4 is 0 Å². The van der Waals surface area contributed by atoms with Crippen LogP contribution in [0.15, 0.2) is 18.7 Å². The van der Waals surface area contributed by atoms with Crippen molar-refractivity contribution in [3.8, 4) is 6.07 Å². The second-order valence-corrected chi connectivity index (χ2v) is 3.76. The van der Waals surface area contributed by atoms with Gasteiger partial charge in [-0.05, 0) is 12.8 Å². The van der Waals surface area contributed by atoms with Crippen LogP contribution >= 0.6 is 0 Å². The van der Waals surface area contributed by atoms with E-state index in [0.717, 1.165) is 12.8 Å². The van der Waals surface area contributed by atoms with Crippen LogP contribution in [0.25, 0.3) is 0 Å². The maximum Gasteiger partial charge on any atom is 0.257 e. The van der Waals surface area contributed by atoms with Crippen molar-refractivity contribution in [3.63, 3.8) is 0 Å². The van der Waals surface area contributed by atoms with E-state index in [2.05, 4.69) is 16.0 Å². The van der Waals surface area contributed by atoms with Gasteiger partial charge in [-0.2, -0.15) is 5.26 Å². The highest BCUT2D eigenvalue weighted by atomic mass is 16.2. The molecule has 5 nitrogen and oxygen atoms in total. The van der Waals surface area contributed by atoms with Crippen LogP contribution in [0.1, 0.15) is 29.6 Å². The molecule has 1 aliphatic carbocycles. The highest BCUT2D eigenvalue weighted by molar-refractivity contribution is 5.94. The van der Waals surface area contributed by atoms with Crippen LogP contribution in [-0.4, -0.2) is 33.4 Å². The minimum absolute atomic E-state index is 0.0710. The Hall–Kier alpha value is -1.96. The summed E-state index contributed by atoms with van der Waals surface area (Å²) in [5.74, 6) is -0.0710. The van der Waals surface area contributed by atoms with E-state index < -0.39 is 0 Å². The predicted molar refractivity (Wildman–Crippen MR) is 56.3 cm³/mol. The van der Waals surface area contributed by atoms with E-state index in [-0.39, 0.29) is 5.91 Å². The normalized spacial score (nSPS) is 14.2. The molecule has 0 atom stereocenters. The lowest BCUT2D eigenvalue weighted by Crippen LogP contribution is -2.34. The molecule has 0 aliphatic heterocycles. The highest BCUT2D eigenvalue weighted by Crippen LogP contribution is 2.28. The molecule has 0 N–H and O–H groups in total. The Morgan fingerprint density at radius 2 is 2.19 bits per heavy atom. The minimum atomic E-state index is -0.0710. The quantitative estimate of drug-likeness (QED) is 0.752. The molecule has 16 heavy (non-hydrogen) atoms. The van der Waals surface area contributed by atoms with Crippen LogP contribution in [-0.2, 0) is 0 Å². The minimum Gasteiger partial charge on any atom is -0.335 e.